The van der Waals surface area contributed by atoms with Crippen molar-refractivity contribution in [2.45, 2.75) is 32.4 Å². The van der Waals surface area contributed by atoms with Gasteiger partial charge < -0.3 is 18.8 Å². The zero-order chi connectivity index (χ0) is 19.3. The predicted molar refractivity (Wildman–Crippen MR) is 110 cm³/mol. The molecular weight excluding hydrogens is 374 g/mol. The average Bonchev–Trinajstić information content (AvgIpc) is 3.39. The molecule has 1 aromatic heterocycles. The first-order valence-corrected chi connectivity index (χ1v) is 10.7. The van der Waals surface area contributed by atoms with Crippen molar-refractivity contribution in [2.75, 3.05) is 25.5 Å². The molecule has 1 atom stereocenters. The van der Waals surface area contributed by atoms with Crippen LogP contribution in [-0.4, -0.2) is 42.4 Å². The summed E-state index contributed by atoms with van der Waals surface area (Å²) >= 11 is 1.68. The zero-order valence-electron chi connectivity index (χ0n) is 16.1. The molecule has 0 unspecified atom stereocenters. The summed E-state index contributed by atoms with van der Waals surface area (Å²) in [4.78, 5) is 16.2. The summed E-state index contributed by atoms with van der Waals surface area (Å²) in [5.74, 6) is 2.78. The Morgan fingerprint density at radius 2 is 2.04 bits per heavy atom. The van der Waals surface area contributed by atoms with Crippen molar-refractivity contribution in [3.8, 4) is 0 Å². The van der Waals surface area contributed by atoms with Gasteiger partial charge in [0, 0.05) is 18.9 Å². The molecule has 0 aliphatic carbocycles. The number of nitrogens with zero attached hydrogens (tertiary/aromatic N) is 1. The highest BCUT2D eigenvalue weighted by Crippen LogP contribution is 2.35. The maximum absolute atomic E-state index is 13.5. The summed E-state index contributed by atoms with van der Waals surface area (Å²) in [6.45, 7) is 4.16. The number of benzene rings is 1. The minimum atomic E-state index is -0.101. The Kier molecular flexibility index (Phi) is 6.07. The third-order valence-electron chi connectivity index (χ3n) is 4.89. The Hall–Kier alpha value is -2.18. The van der Waals surface area contributed by atoms with Gasteiger partial charge in [-0.3, -0.25) is 4.79 Å². The summed E-state index contributed by atoms with van der Waals surface area (Å²) in [5.41, 5.74) is 1.02. The number of thioether (sulfide) groups is 1. The lowest BCUT2D eigenvalue weighted by Gasteiger charge is -2.28. The molecule has 0 saturated carbocycles. The predicted octanol–water partition coefficient (Wildman–Crippen LogP) is 4.23. The molecule has 4 rings (SSSR count). The van der Waals surface area contributed by atoms with Gasteiger partial charge in [0.15, 0.2) is 5.76 Å². The number of rotatable bonds is 6. The summed E-state index contributed by atoms with van der Waals surface area (Å²) < 4.78 is 17.4. The number of aryl methyl sites for hydroxylation is 1. The molecule has 1 aromatic carbocycles. The van der Waals surface area contributed by atoms with Gasteiger partial charge in [-0.25, -0.2) is 0 Å². The van der Waals surface area contributed by atoms with Crippen LogP contribution in [0.25, 0.3) is 4.91 Å². The Morgan fingerprint density at radius 1 is 1.18 bits per heavy atom. The van der Waals surface area contributed by atoms with Gasteiger partial charge in [0.2, 0.25) is 0 Å². The van der Waals surface area contributed by atoms with Gasteiger partial charge >= 0.3 is 0 Å². The van der Waals surface area contributed by atoms with Crippen LogP contribution in [0.5, 0.6) is 0 Å². The summed E-state index contributed by atoms with van der Waals surface area (Å²) in [7, 11) is 0. The second kappa shape index (κ2) is 8.88. The van der Waals surface area contributed by atoms with Crippen LogP contribution in [0.3, 0.4) is 0 Å². The van der Waals surface area contributed by atoms with Crippen molar-refractivity contribution in [1.82, 2.24) is 4.90 Å². The first kappa shape index (κ1) is 19.2. The molecule has 0 radical (unpaired) electrons. The normalized spacial score (nSPS) is 19.5. The molecule has 1 saturated heterocycles. The fourth-order valence-electron chi connectivity index (χ4n) is 3.54. The van der Waals surface area contributed by atoms with E-state index < -0.39 is 0 Å². The van der Waals surface area contributed by atoms with Crippen LogP contribution < -0.4 is 0 Å². The van der Waals surface area contributed by atoms with Crippen LogP contribution in [-0.2, 0) is 20.8 Å². The van der Waals surface area contributed by atoms with E-state index in [0.717, 1.165) is 47.2 Å². The van der Waals surface area contributed by atoms with Crippen molar-refractivity contribution in [2.24, 2.45) is 0 Å². The summed E-state index contributed by atoms with van der Waals surface area (Å²) in [6, 6.07) is 13.8. The number of carbonyl (C=O) groups is 1. The maximum Gasteiger partial charge on any atom is 0.290 e. The van der Waals surface area contributed by atoms with Crippen LogP contribution in [0.2, 0.25) is 0 Å². The van der Waals surface area contributed by atoms with E-state index in [1.54, 1.807) is 16.7 Å². The van der Waals surface area contributed by atoms with Crippen molar-refractivity contribution in [3.05, 3.63) is 65.3 Å². The lowest BCUT2D eigenvalue weighted by molar-refractivity contribution is -0.133. The second-order valence-electron chi connectivity index (χ2n) is 7.05. The van der Waals surface area contributed by atoms with E-state index in [4.69, 9.17) is 13.9 Å². The monoisotopic (exact) mass is 399 g/mol. The molecule has 0 bridgehead atoms. The topological polar surface area (TPSA) is 51.9 Å². The fourth-order valence-corrected chi connectivity index (χ4v) is 4.49. The first-order chi connectivity index (χ1) is 13.7. The van der Waals surface area contributed by atoms with E-state index in [9.17, 15) is 4.79 Å². The minimum absolute atomic E-state index is 0.0667. The highest BCUT2D eigenvalue weighted by atomic mass is 32.2. The van der Waals surface area contributed by atoms with Gasteiger partial charge in [0.05, 0.1) is 24.2 Å². The van der Waals surface area contributed by atoms with Crippen LogP contribution >= 0.6 is 11.8 Å². The minimum Gasteiger partial charge on any atom is -0.486 e. The SMILES string of the molecule is Cc1ccc(CN(C[C@H]2CCCO2)C(=O)C2=C(c3ccccc3)SCCO2)o1. The lowest BCUT2D eigenvalue weighted by Crippen LogP contribution is -2.39. The van der Waals surface area contributed by atoms with Crippen LogP contribution in [0.15, 0.2) is 52.6 Å². The van der Waals surface area contributed by atoms with Crippen molar-refractivity contribution < 1.29 is 18.7 Å². The van der Waals surface area contributed by atoms with E-state index in [2.05, 4.69) is 0 Å². The molecule has 6 heteroatoms. The van der Waals surface area contributed by atoms with E-state index >= 15 is 0 Å². The van der Waals surface area contributed by atoms with Gasteiger partial charge in [-0.2, -0.15) is 0 Å². The van der Waals surface area contributed by atoms with Crippen LogP contribution in [0.1, 0.15) is 29.9 Å². The smallest absolute Gasteiger partial charge is 0.290 e. The highest BCUT2D eigenvalue weighted by Gasteiger charge is 2.30. The summed E-state index contributed by atoms with van der Waals surface area (Å²) in [5, 5.41) is 0. The molecule has 2 aliphatic heterocycles. The number of hydrogen-bond donors (Lipinski definition) is 0. The van der Waals surface area contributed by atoms with Gasteiger partial charge in [-0.1, -0.05) is 30.3 Å². The molecule has 2 aromatic rings. The second-order valence-corrected chi connectivity index (χ2v) is 8.16. The van der Waals surface area contributed by atoms with E-state index in [1.165, 1.54) is 0 Å². The van der Waals surface area contributed by atoms with E-state index in [1.807, 2.05) is 49.4 Å². The Labute approximate surface area is 169 Å². The molecule has 28 heavy (non-hydrogen) atoms. The third-order valence-corrected chi connectivity index (χ3v) is 5.97. The molecule has 5 nitrogen and oxygen atoms in total. The van der Waals surface area contributed by atoms with Crippen molar-refractivity contribution >= 4 is 22.6 Å². The van der Waals surface area contributed by atoms with Crippen LogP contribution in [0, 0.1) is 6.92 Å². The number of amides is 1. The summed E-state index contributed by atoms with van der Waals surface area (Å²) in [6.07, 6.45) is 2.08. The van der Waals surface area contributed by atoms with E-state index in [-0.39, 0.29) is 12.0 Å². The maximum atomic E-state index is 13.5. The first-order valence-electron chi connectivity index (χ1n) is 9.72. The van der Waals surface area contributed by atoms with Crippen LogP contribution in [0.4, 0.5) is 0 Å². The van der Waals surface area contributed by atoms with Crippen molar-refractivity contribution in [1.29, 1.82) is 0 Å². The molecule has 0 N–H and O–H groups in total. The molecule has 3 heterocycles. The largest absolute Gasteiger partial charge is 0.486 e. The lowest BCUT2D eigenvalue weighted by atomic mass is 10.1. The van der Waals surface area contributed by atoms with Gasteiger partial charge in [0.1, 0.15) is 11.5 Å². The Bertz CT molecular complexity index is 839. The Morgan fingerprint density at radius 3 is 2.75 bits per heavy atom. The number of furan rings is 1. The fraction of sp³-hybridized carbons (Fsp3) is 0.409. The standard InChI is InChI=1S/C22H25NO4S/c1-16-9-10-19(27-16)15-23(14-18-8-5-11-25-18)22(24)20-21(28-13-12-26-20)17-6-3-2-4-7-17/h2-4,6-7,9-10,18H,5,8,11-15H2,1H3/t18-/m1/s1. The molecule has 0 spiro atoms. The average molecular weight is 400 g/mol. The van der Waals surface area contributed by atoms with Gasteiger partial charge in [-0.15, -0.1) is 11.8 Å². The molecule has 1 fully saturated rings. The quantitative estimate of drug-likeness (QED) is 0.728. The Balaban J connectivity index is 1.63. The van der Waals surface area contributed by atoms with Gasteiger partial charge in [-0.05, 0) is 37.5 Å². The zero-order valence-corrected chi connectivity index (χ0v) is 16.9. The highest BCUT2D eigenvalue weighted by molar-refractivity contribution is 8.08. The van der Waals surface area contributed by atoms with Crippen molar-refractivity contribution in [3.63, 3.8) is 0 Å². The molecule has 1 amide bonds. The molecule has 148 valence electrons. The number of hydrogen-bond acceptors (Lipinski definition) is 5. The van der Waals surface area contributed by atoms with Gasteiger partial charge in [0.25, 0.3) is 5.91 Å². The third kappa shape index (κ3) is 4.45. The molecule has 2 aliphatic rings. The number of ether oxygens (including phenoxy) is 2. The van der Waals surface area contributed by atoms with E-state index in [0.29, 0.717) is 25.5 Å². The number of carbonyl (C=O) groups excluding carboxylic acids is 1. The molecular formula is C22H25NO4S.